The fraction of sp³-hybridized carbons (Fsp3) is 0.280. The number of rotatable bonds is 9. The van der Waals surface area contributed by atoms with Crippen LogP contribution in [-0.2, 0) is 16.1 Å². The van der Waals surface area contributed by atoms with E-state index in [2.05, 4.69) is 0 Å². The second kappa shape index (κ2) is 10.7. The van der Waals surface area contributed by atoms with Gasteiger partial charge in [-0.1, -0.05) is 48.5 Å². The fourth-order valence-corrected chi connectivity index (χ4v) is 2.60. The molecule has 5 nitrogen and oxygen atoms in total. The lowest BCUT2D eigenvalue weighted by atomic mass is 10.2. The van der Waals surface area contributed by atoms with Crippen molar-refractivity contribution in [2.45, 2.75) is 18.8 Å². The average Bonchev–Trinajstić information content (AvgIpc) is 3.72. The second-order valence-corrected chi connectivity index (χ2v) is 7.09. The van der Waals surface area contributed by atoms with Crippen LogP contribution in [0.4, 0.5) is 0 Å². The van der Waals surface area contributed by atoms with Gasteiger partial charge in [-0.3, -0.25) is 0 Å². The molecular formula is C25H26O5. The normalized spacial score (nSPS) is 18.5. The Bertz CT molecular complexity index is 859. The zero-order valence-corrected chi connectivity index (χ0v) is 16.8. The van der Waals surface area contributed by atoms with E-state index in [1.165, 1.54) is 0 Å². The summed E-state index contributed by atoms with van der Waals surface area (Å²) in [5, 5.41) is 0. The third kappa shape index (κ3) is 7.43. The highest BCUT2D eigenvalue weighted by Crippen LogP contribution is 2.20. The predicted octanol–water partition coefficient (Wildman–Crippen LogP) is 4.51. The highest BCUT2D eigenvalue weighted by Gasteiger charge is 2.23. The molecule has 2 saturated heterocycles. The van der Waals surface area contributed by atoms with Gasteiger partial charge in [0.1, 0.15) is 49.3 Å². The topological polar surface area (TPSA) is 52.8 Å². The molecule has 2 heterocycles. The zero-order chi connectivity index (χ0) is 20.4. The Kier molecular flexibility index (Phi) is 7.21. The van der Waals surface area contributed by atoms with Crippen LogP contribution in [0, 0.1) is 0 Å². The Morgan fingerprint density at radius 1 is 0.567 bits per heavy atom. The highest BCUT2D eigenvalue weighted by atomic mass is 16.6. The molecule has 0 unspecified atom stereocenters. The summed E-state index contributed by atoms with van der Waals surface area (Å²) >= 11 is 0. The predicted molar refractivity (Wildman–Crippen MR) is 114 cm³/mol. The molecule has 2 aliphatic heterocycles. The molecule has 5 rings (SSSR count). The maximum absolute atomic E-state index is 5.70. The second-order valence-electron chi connectivity index (χ2n) is 7.09. The van der Waals surface area contributed by atoms with Gasteiger partial charge < -0.3 is 23.7 Å². The van der Waals surface area contributed by atoms with E-state index in [9.17, 15) is 0 Å². The van der Waals surface area contributed by atoms with E-state index in [0.29, 0.717) is 25.9 Å². The molecule has 0 radical (unpaired) electrons. The highest BCUT2D eigenvalue weighted by molar-refractivity contribution is 5.31. The lowest BCUT2D eigenvalue weighted by Crippen LogP contribution is -2.03. The minimum Gasteiger partial charge on any atom is -0.491 e. The van der Waals surface area contributed by atoms with E-state index in [4.69, 9.17) is 23.7 Å². The van der Waals surface area contributed by atoms with Gasteiger partial charge in [0.2, 0.25) is 0 Å². The summed E-state index contributed by atoms with van der Waals surface area (Å²) in [5.74, 6) is 2.62. The van der Waals surface area contributed by atoms with Gasteiger partial charge in [-0.15, -0.1) is 0 Å². The molecule has 5 heteroatoms. The number of para-hydroxylation sites is 1. The molecule has 3 aromatic rings. The number of ether oxygens (including phenoxy) is 5. The van der Waals surface area contributed by atoms with Gasteiger partial charge >= 0.3 is 0 Å². The summed E-state index contributed by atoms with van der Waals surface area (Å²) in [6.07, 6.45) is 0.629. The Morgan fingerprint density at radius 3 is 1.50 bits per heavy atom. The van der Waals surface area contributed by atoms with Crippen molar-refractivity contribution in [3.05, 3.63) is 90.5 Å². The van der Waals surface area contributed by atoms with Crippen LogP contribution >= 0.6 is 0 Å². The Balaban J connectivity index is 0.000000168. The molecule has 0 spiro atoms. The Labute approximate surface area is 177 Å². The van der Waals surface area contributed by atoms with Crippen LogP contribution in [0.5, 0.6) is 17.2 Å². The minimum absolute atomic E-state index is 0.286. The fourth-order valence-electron chi connectivity index (χ4n) is 2.60. The van der Waals surface area contributed by atoms with Crippen molar-refractivity contribution in [2.24, 2.45) is 0 Å². The maximum Gasteiger partial charge on any atom is 0.120 e. The molecule has 0 aromatic heterocycles. The average molecular weight is 406 g/mol. The van der Waals surface area contributed by atoms with E-state index in [0.717, 1.165) is 36.0 Å². The molecule has 30 heavy (non-hydrogen) atoms. The van der Waals surface area contributed by atoms with Crippen LogP contribution in [0.1, 0.15) is 5.56 Å². The third-order valence-electron chi connectivity index (χ3n) is 4.49. The summed E-state index contributed by atoms with van der Waals surface area (Å²) in [4.78, 5) is 0. The van der Waals surface area contributed by atoms with Gasteiger partial charge in [0.25, 0.3) is 0 Å². The van der Waals surface area contributed by atoms with Crippen LogP contribution in [0.25, 0.3) is 0 Å². The van der Waals surface area contributed by atoms with E-state index >= 15 is 0 Å². The van der Waals surface area contributed by atoms with E-state index in [1.54, 1.807) is 0 Å². The smallest absolute Gasteiger partial charge is 0.120 e. The molecular weight excluding hydrogens is 380 g/mol. The molecule has 156 valence electrons. The minimum atomic E-state index is 0.286. The van der Waals surface area contributed by atoms with Crippen molar-refractivity contribution >= 4 is 0 Å². The van der Waals surface area contributed by atoms with E-state index < -0.39 is 0 Å². The number of hydrogen-bond acceptors (Lipinski definition) is 5. The Hall–Kier alpha value is -3.02. The lowest BCUT2D eigenvalue weighted by Gasteiger charge is -2.08. The van der Waals surface area contributed by atoms with Crippen molar-refractivity contribution in [1.29, 1.82) is 0 Å². The first-order chi connectivity index (χ1) is 14.8. The summed E-state index contributed by atoms with van der Waals surface area (Å²) in [6, 6.07) is 27.6. The molecule has 2 atom stereocenters. The molecule has 3 aromatic carbocycles. The van der Waals surface area contributed by atoms with Crippen LogP contribution < -0.4 is 14.2 Å². The first-order valence-corrected chi connectivity index (χ1v) is 10.2. The van der Waals surface area contributed by atoms with Gasteiger partial charge in [-0.25, -0.2) is 0 Å². The number of hydrogen-bond donors (Lipinski definition) is 0. The lowest BCUT2D eigenvalue weighted by molar-refractivity contribution is 0.262. The SMILES string of the molecule is c1ccc(COc2ccc(OC[C@@H]3CO3)cc2)cc1.c1ccc(OC[C@@H]2CO2)cc1. The summed E-state index contributed by atoms with van der Waals surface area (Å²) < 4.78 is 26.8. The molecule has 0 saturated carbocycles. The van der Waals surface area contributed by atoms with Gasteiger partial charge in [-0.2, -0.15) is 0 Å². The quantitative estimate of drug-likeness (QED) is 0.490. The number of epoxide rings is 2. The molecule has 0 aliphatic carbocycles. The zero-order valence-electron chi connectivity index (χ0n) is 16.8. The van der Waals surface area contributed by atoms with Gasteiger partial charge in [0, 0.05) is 0 Å². The Morgan fingerprint density at radius 2 is 1.00 bits per heavy atom. The van der Waals surface area contributed by atoms with E-state index in [1.807, 2.05) is 84.9 Å². The van der Waals surface area contributed by atoms with Crippen molar-refractivity contribution in [3.63, 3.8) is 0 Å². The van der Waals surface area contributed by atoms with Crippen LogP contribution in [0.2, 0.25) is 0 Å². The molecule has 0 N–H and O–H groups in total. The maximum atomic E-state index is 5.70. The molecule has 0 bridgehead atoms. The molecule has 2 aliphatic rings. The first kappa shape index (κ1) is 20.3. The van der Waals surface area contributed by atoms with Gasteiger partial charge in [0.15, 0.2) is 0 Å². The summed E-state index contributed by atoms with van der Waals surface area (Å²) in [6.45, 7) is 3.57. The molecule has 2 fully saturated rings. The molecule has 0 amide bonds. The van der Waals surface area contributed by atoms with Gasteiger partial charge in [0.05, 0.1) is 13.2 Å². The van der Waals surface area contributed by atoms with Crippen molar-refractivity contribution < 1.29 is 23.7 Å². The van der Waals surface area contributed by atoms with Gasteiger partial charge in [-0.05, 0) is 42.0 Å². The monoisotopic (exact) mass is 406 g/mol. The van der Waals surface area contributed by atoms with Crippen LogP contribution in [0.15, 0.2) is 84.9 Å². The third-order valence-corrected chi connectivity index (χ3v) is 4.49. The van der Waals surface area contributed by atoms with Crippen molar-refractivity contribution in [3.8, 4) is 17.2 Å². The van der Waals surface area contributed by atoms with Crippen LogP contribution in [0.3, 0.4) is 0 Å². The standard InChI is InChI=1S/C16H16O3.C9H10O2/c1-2-4-13(5-3-1)10-17-14-6-8-15(9-7-14)18-11-16-12-19-16;1-2-4-8(5-3-1)10-6-9-7-11-9/h1-9,16H,10-12H2;1-5,9H,6-7H2/t16-;9-/m11/s1. The number of benzene rings is 3. The summed E-state index contributed by atoms with van der Waals surface area (Å²) in [5.41, 5.74) is 1.16. The van der Waals surface area contributed by atoms with Crippen molar-refractivity contribution in [2.75, 3.05) is 26.4 Å². The van der Waals surface area contributed by atoms with E-state index in [-0.39, 0.29) is 6.10 Å². The summed E-state index contributed by atoms with van der Waals surface area (Å²) in [7, 11) is 0. The van der Waals surface area contributed by atoms with Crippen LogP contribution in [-0.4, -0.2) is 38.6 Å². The first-order valence-electron chi connectivity index (χ1n) is 10.2. The largest absolute Gasteiger partial charge is 0.491 e. The van der Waals surface area contributed by atoms with Crippen molar-refractivity contribution in [1.82, 2.24) is 0 Å².